The number of nitrogens with one attached hydrogen (secondary N) is 2. The Morgan fingerprint density at radius 1 is 1.13 bits per heavy atom. The van der Waals surface area contributed by atoms with Crippen molar-refractivity contribution < 1.29 is 5.11 Å². The van der Waals surface area contributed by atoms with E-state index in [1.807, 2.05) is 29.1 Å². The number of thiophene rings is 1. The molecule has 4 rings (SSSR count). The molecule has 2 heterocycles. The third kappa shape index (κ3) is 4.87. The largest absolute Gasteiger partial charge is 0.386 e. The number of aliphatic hydroxyl groups excluding tert-OH is 1. The molecule has 2 aromatic heterocycles. The van der Waals surface area contributed by atoms with Crippen molar-refractivity contribution in [1.82, 2.24) is 20.4 Å². The van der Waals surface area contributed by atoms with Crippen LogP contribution in [0.2, 0.25) is 0 Å². The van der Waals surface area contributed by atoms with Gasteiger partial charge in [0, 0.05) is 42.1 Å². The lowest BCUT2D eigenvalue weighted by atomic mass is 10.1. The Balaban J connectivity index is 1.24. The molecule has 0 aliphatic heterocycles. The molecule has 1 unspecified atom stereocenters. The monoisotopic (exact) mass is 419 g/mol. The van der Waals surface area contributed by atoms with Crippen LogP contribution >= 0.6 is 11.3 Å². The minimum absolute atomic E-state index is 0.408. The van der Waals surface area contributed by atoms with Crippen molar-refractivity contribution in [1.29, 1.82) is 0 Å². The second kappa shape index (κ2) is 9.56. The van der Waals surface area contributed by atoms with Gasteiger partial charge in [0.15, 0.2) is 5.96 Å². The summed E-state index contributed by atoms with van der Waals surface area (Å²) < 4.78 is 3.03. The van der Waals surface area contributed by atoms with Gasteiger partial charge in [-0.05, 0) is 47.7 Å². The maximum atomic E-state index is 10.5. The number of guanidine groups is 1. The predicted molar refractivity (Wildman–Crippen MR) is 123 cm³/mol. The number of rotatable bonds is 7. The van der Waals surface area contributed by atoms with Crippen LogP contribution in [0.5, 0.6) is 0 Å². The molecule has 0 aliphatic carbocycles. The molecule has 7 heteroatoms. The van der Waals surface area contributed by atoms with E-state index < -0.39 is 6.10 Å². The van der Waals surface area contributed by atoms with Crippen molar-refractivity contribution in [3.05, 3.63) is 83.5 Å². The number of aliphatic imine (C=N–C) groups is 1. The molecule has 154 valence electrons. The fraction of sp³-hybridized carbons (Fsp3) is 0.217. The SMILES string of the molecule is CN=C(NCCc1ccc(-n2cccn2)cc1)NCC(O)c1cc2ccccc2s1. The first kappa shape index (κ1) is 20.1. The molecule has 0 fully saturated rings. The molecule has 1 atom stereocenters. The summed E-state index contributed by atoms with van der Waals surface area (Å²) in [6, 6.07) is 20.5. The van der Waals surface area contributed by atoms with E-state index in [2.05, 4.69) is 63.2 Å². The third-order valence-electron chi connectivity index (χ3n) is 4.87. The first-order chi connectivity index (χ1) is 14.7. The smallest absolute Gasteiger partial charge is 0.191 e. The van der Waals surface area contributed by atoms with E-state index >= 15 is 0 Å². The van der Waals surface area contributed by atoms with Crippen LogP contribution in [0, 0.1) is 0 Å². The van der Waals surface area contributed by atoms with E-state index in [1.54, 1.807) is 24.6 Å². The molecule has 2 aromatic carbocycles. The normalized spacial score (nSPS) is 12.8. The number of fused-ring (bicyclic) bond motifs is 1. The van der Waals surface area contributed by atoms with Crippen LogP contribution in [0.3, 0.4) is 0 Å². The molecule has 0 saturated carbocycles. The summed E-state index contributed by atoms with van der Waals surface area (Å²) >= 11 is 1.62. The van der Waals surface area contributed by atoms with Crippen LogP contribution < -0.4 is 10.6 Å². The average molecular weight is 420 g/mol. The van der Waals surface area contributed by atoms with Gasteiger partial charge in [0.25, 0.3) is 0 Å². The minimum Gasteiger partial charge on any atom is -0.386 e. The van der Waals surface area contributed by atoms with Crippen LogP contribution in [0.15, 0.2) is 78.0 Å². The maximum Gasteiger partial charge on any atom is 0.191 e. The highest BCUT2D eigenvalue weighted by atomic mass is 32.1. The van der Waals surface area contributed by atoms with Crippen molar-refractivity contribution in [3.63, 3.8) is 0 Å². The van der Waals surface area contributed by atoms with Crippen molar-refractivity contribution in [2.24, 2.45) is 4.99 Å². The van der Waals surface area contributed by atoms with Gasteiger partial charge in [-0.15, -0.1) is 11.3 Å². The van der Waals surface area contributed by atoms with Crippen LogP contribution in [0.25, 0.3) is 15.8 Å². The number of aliphatic hydroxyl groups is 1. The van der Waals surface area contributed by atoms with Gasteiger partial charge in [-0.25, -0.2) is 4.68 Å². The Kier molecular flexibility index (Phi) is 6.41. The van der Waals surface area contributed by atoms with Crippen molar-refractivity contribution >= 4 is 27.4 Å². The molecule has 0 aliphatic rings. The molecular formula is C23H25N5OS. The molecular weight excluding hydrogens is 394 g/mol. The summed E-state index contributed by atoms with van der Waals surface area (Å²) in [4.78, 5) is 5.21. The zero-order valence-corrected chi connectivity index (χ0v) is 17.6. The molecule has 0 spiro atoms. The lowest BCUT2D eigenvalue weighted by Gasteiger charge is -2.14. The predicted octanol–water partition coefficient (Wildman–Crippen LogP) is 3.53. The molecule has 4 aromatic rings. The van der Waals surface area contributed by atoms with Gasteiger partial charge >= 0.3 is 0 Å². The quantitative estimate of drug-likeness (QED) is 0.316. The Hall–Kier alpha value is -3.16. The fourth-order valence-electron chi connectivity index (χ4n) is 3.24. The van der Waals surface area contributed by atoms with Gasteiger partial charge < -0.3 is 15.7 Å². The molecule has 0 amide bonds. The number of hydrogen-bond donors (Lipinski definition) is 3. The number of nitrogens with zero attached hydrogens (tertiary/aromatic N) is 3. The number of aromatic nitrogens is 2. The summed E-state index contributed by atoms with van der Waals surface area (Å²) in [6.45, 7) is 1.16. The van der Waals surface area contributed by atoms with E-state index in [-0.39, 0.29) is 0 Å². The van der Waals surface area contributed by atoms with Crippen molar-refractivity contribution in [3.8, 4) is 5.69 Å². The van der Waals surface area contributed by atoms with Gasteiger partial charge in [0.2, 0.25) is 0 Å². The molecule has 0 bridgehead atoms. The standard InChI is InChI=1S/C23H25N5OS/c1-24-23(26-16-20(29)22-15-18-5-2-3-6-21(18)30-22)25-13-11-17-7-9-19(10-8-17)28-14-4-12-27-28/h2-10,12,14-15,20,29H,11,13,16H2,1H3,(H2,24,25,26). The zero-order chi connectivity index (χ0) is 20.8. The number of hydrogen-bond acceptors (Lipinski definition) is 4. The molecule has 3 N–H and O–H groups in total. The lowest BCUT2D eigenvalue weighted by Crippen LogP contribution is -2.40. The zero-order valence-electron chi connectivity index (χ0n) is 16.8. The van der Waals surface area contributed by atoms with Gasteiger partial charge in [0.1, 0.15) is 6.10 Å². The first-order valence-electron chi connectivity index (χ1n) is 9.93. The molecule has 30 heavy (non-hydrogen) atoms. The lowest BCUT2D eigenvalue weighted by molar-refractivity contribution is 0.184. The van der Waals surface area contributed by atoms with E-state index in [1.165, 1.54) is 10.3 Å². The Bertz CT molecular complexity index is 1070. The van der Waals surface area contributed by atoms with Gasteiger partial charge in [-0.3, -0.25) is 4.99 Å². The van der Waals surface area contributed by atoms with Crippen molar-refractivity contribution in [2.75, 3.05) is 20.1 Å². The molecule has 0 radical (unpaired) electrons. The van der Waals surface area contributed by atoms with E-state index in [9.17, 15) is 5.11 Å². The van der Waals surface area contributed by atoms with Crippen molar-refractivity contribution in [2.45, 2.75) is 12.5 Å². The Labute approximate surface area is 179 Å². The number of benzene rings is 2. The Morgan fingerprint density at radius 2 is 1.97 bits per heavy atom. The van der Waals surface area contributed by atoms with E-state index in [0.717, 1.165) is 28.9 Å². The van der Waals surface area contributed by atoms with Crippen LogP contribution in [0.1, 0.15) is 16.5 Å². The summed E-state index contributed by atoms with van der Waals surface area (Å²) in [7, 11) is 1.74. The third-order valence-corrected chi connectivity index (χ3v) is 6.09. The van der Waals surface area contributed by atoms with E-state index in [0.29, 0.717) is 12.5 Å². The second-order valence-electron chi connectivity index (χ2n) is 6.95. The van der Waals surface area contributed by atoms with Gasteiger partial charge in [-0.2, -0.15) is 5.10 Å². The highest BCUT2D eigenvalue weighted by Crippen LogP contribution is 2.29. The minimum atomic E-state index is -0.573. The summed E-state index contributed by atoms with van der Waals surface area (Å²) in [5, 5.41) is 22.5. The van der Waals surface area contributed by atoms with E-state index in [4.69, 9.17) is 0 Å². The topological polar surface area (TPSA) is 74.5 Å². The van der Waals surface area contributed by atoms with Crippen LogP contribution in [0.4, 0.5) is 0 Å². The maximum absolute atomic E-state index is 10.5. The second-order valence-corrected chi connectivity index (χ2v) is 8.06. The van der Waals surface area contributed by atoms with Gasteiger partial charge in [-0.1, -0.05) is 30.3 Å². The highest BCUT2D eigenvalue weighted by Gasteiger charge is 2.12. The van der Waals surface area contributed by atoms with Crippen LogP contribution in [-0.4, -0.2) is 41.0 Å². The summed E-state index contributed by atoms with van der Waals surface area (Å²) in [6.07, 6.45) is 4.00. The average Bonchev–Trinajstić information content (AvgIpc) is 3.46. The molecule has 6 nitrogen and oxygen atoms in total. The van der Waals surface area contributed by atoms with Crippen LogP contribution in [-0.2, 0) is 6.42 Å². The highest BCUT2D eigenvalue weighted by molar-refractivity contribution is 7.19. The Morgan fingerprint density at radius 3 is 2.70 bits per heavy atom. The fourth-order valence-corrected chi connectivity index (χ4v) is 4.29. The molecule has 0 saturated heterocycles. The summed E-state index contributed by atoms with van der Waals surface area (Å²) in [5.41, 5.74) is 2.28. The first-order valence-corrected chi connectivity index (χ1v) is 10.7. The summed E-state index contributed by atoms with van der Waals surface area (Å²) in [5.74, 6) is 0.684. The van der Waals surface area contributed by atoms with Gasteiger partial charge in [0.05, 0.1) is 5.69 Å².